The van der Waals surface area contributed by atoms with Gasteiger partial charge < -0.3 is 10.4 Å². The van der Waals surface area contributed by atoms with Gasteiger partial charge in [-0.15, -0.1) is 0 Å². The predicted octanol–water partition coefficient (Wildman–Crippen LogP) is 1.48. The molecular weight excluding hydrogens is 228 g/mol. The van der Waals surface area contributed by atoms with Crippen LogP contribution in [0.1, 0.15) is 24.2 Å². The van der Waals surface area contributed by atoms with Gasteiger partial charge in [0.05, 0.1) is 18.2 Å². The van der Waals surface area contributed by atoms with Gasteiger partial charge in [0.25, 0.3) is 5.91 Å². The van der Waals surface area contributed by atoms with Gasteiger partial charge in [-0.3, -0.25) is 4.79 Å². The molecule has 0 aliphatic heterocycles. The van der Waals surface area contributed by atoms with E-state index < -0.39 is 0 Å². The van der Waals surface area contributed by atoms with Crippen LogP contribution in [-0.4, -0.2) is 28.6 Å². The molecule has 0 aliphatic carbocycles. The van der Waals surface area contributed by atoms with Crippen molar-refractivity contribution in [3.63, 3.8) is 0 Å². The average molecular weight is 243 g/mol. The van der Waals surface area contributed by atoms with E-state index in [2.05, 4.69) is 10.3 Å². The minimum Gasteiger partial charge on any atom is -0.394 e. The fourth-order valence-electron chi connectivity index (χ4n) is 1.22. The van der Waals surface area contributed by atoms with Gasteiger partial charge in [0.15, 0.2) is 0 Å². The molecule has 0 saturated carbocycles. The van der Waals surface area contributed by atoms with Gasteiger partial charge in [-0.1, -0.05) is 25.4 Å². The first-order chi connectivity index (χ1) is 7.56. The summed E-state index contributed by atoms with van der Waals surface area (Å²) < 4.78 is 0. The summed E-state index contributed by atoms with van der Waals surface area (Å²) in [7, 11) is 0. The fraction of sp³-hybridized carbons (Fsp3) is 0.455. The summed E-state index contributed by atoms with van der Waals surface area (Å²) in [6.07, 6.45) is 1.52. The SMILES string of the molecule is CC(C)[C@@H](CO)NC(=O)c1cccnc1Cl. The van der Waals surface area contributed by atoms with Gasteiger partial charge in [0, 0.05) is 6.20 Å². The van der Waals surface area contributed by atoms with Crippen LogP contribution in [0, 0.1) is 5.92 Å². The molecule has 0 saturated heterocycles. The topological polar surface area (TPSA) is 62.2 Å². The maximum Gasteiger partial charge on any atom is 0.254 e. The van der Waals surface area contributed by atoms with Crippen LogP contribution in [0.2, 0.25) is 5.15 Å². The molecule has 1 heterocycles. The van der Waals surface area contributed by atoms with Gasteiger partial charge in [-0.2, -0.15) is 0 Å². The zero-order valence-corrected chi connectivity index (χ0v) is 10.0. The lowest BCUT2D eigenvalue weighted by atomic mass is 10.1. The number of hydrogen-bond acceptors (Lipinski definition) is 3. The molecule has 1 aromatic rings. The molecule has 4 nitrogen and oxygen atoms in total. The van der Waals surface area contributed by atoms with E-state index in [1.165, 1.54) is 6.20 Å². The van der Waals surface area contributed by atoms with Crippen molar-refractivity contribution in [3.05, 3.63) is 29.0 Å². The largest absolute Gasteiger partial charge is 0.394 e. The van der Waals surface area contributed by atoms with E-state index in [9.17, 15) is 4.79 Å². The van der Waals surface area contributed by atoms with Crippen LogP contribution >= 0.6 is 11.6 Å². The monoisotopic (exact) mass is 242 g/mol. The second-order valence-electron chi connectivity index (χ2n) is 3.85. The molecule has 0 bridgehead atoms. The lowest BCUT2D eigenvalue weighted by Crippen LogP contribution is -2.41. The Kier molecular flexibility index (Phi) is 4.71. The Morgan fingerprint density at radius 1 is 1.62 bits per heavy atom. The van der Waals surface area contributed by atoms with Crippen LogP contribution in [0.15, 0.2) is 18.3 Å². The lowest BCUT2D eigenvalue weighted by molar-refractivity contribution is 0.0896. The second kappa shape index (κ2) is 5.82. The summed E-state index contributed by atoms with van der Waals surface area (Å²) >= 11 is 5.79. The van der Waals surface area contributed by atoms with Crippen LogP contribution in [0.25, 0.3) is 0 Å². The summed E-state index contributed by atoms with van der Waals surface area (Å²) in [6, 6.07) is 2.97. The third kappa shape index (κ3) is 3.18. The quantitative estimate of drug-likeness (QED) is 0.787. The Balaban J connectivity index is 2.76. The highest BCUT2D eigenvalue weighted by molar-refractivity contribution is 6.32. The van der Waals surface area contributed by atoms with Crippen LogP contribution in [0.3, 0.4) is 0 Å². The van der Waals surface area contributed by atoms with Gasteiger partial charge in [-0.05, 0) is 18.1 Å². The van der Waals surface area contributed by atoms with E-state index in [0.717, 1.165) is 0 Å². The maximum atomic E-state index is 11.8. The molecule has 1 atom stereocenters. The Bertz CT molecular complexity index is 369. The van der Waals surface area contributed by atoms with Crippen LogP contribution in [0.4, 0.5) is 0 Å². The molecule has 0 radical (unpaired) electrons. The molecule has 0 unspecified atom stereocenters. The Morgan fingerprint density at radius 3 is 2.81 bits per heavy atom. The van der Waals surface area contributed by atoms with Crippen molar-refractivity contribution in [1.29, 1.82) is 0 Å². The number of halogens is 1. The van der Waals surface area contributed by atoms with Crippen molar-refractivity contribution in [2.45, 2.75) is 19.9 Å². The van der Waals surface area contributed by atoms with E-state index >= 15 is 0 Å². The molecule has 88 valence electrons. The Labute approximate surface area is 99.6 Å². The number of nitrogens with one attached hydrogen (secondary N) is 1. The average Bonchev–Trinajstić information content (AvgIpc) is 2.25. The van der Waals surface area contributed by atoms with Gasteiger partial charge in [0.1, 0.15) is 5.15 Å². The first-order valence-electron chi connectivity index (χ1n) is 5.08. The number of aliphatic hydroxyl groups is 1. The third-order valence-corrected chi connectivity index (χ3v) is 2.62. The number of nitrogens with zero attached hydrogens (tertiary/aromatic N) is 1. The molecule has 1 rings (SSSR count). The van der Waals surface area contributed by atoms with Gasteiger partial charge in [-0.25, -0.2) is 4.98 Å². The number of carbonyl (C=O) groups is 1. The Morgan fingerprint density at radius 2 is 2.31 bits per heavy atom. The number of amides is 1. The molecule has 0 spiro atoms. The van der Waals surface area contributed by atoms with Gasteiger partial charge >= 0.3 is 0 Å². The van der Waals surface area contributed by atoms with Crippen molar-refractivity contribution >= 4 is 17.5 Å². The van der Waals surface area contributed by atoms with Crippen molar-refractivity contribution < 1.29 is 9.90 Å². The number of hydrogen-bond donors (Lipinski definition) is 2. The summed E-state index contributed by atoms with van der Waals surface area (Å²) in [6.45, 7) is 3.75. The lowest BCUT2D eigenvalue weighted by Gasteiger charge is -2.19. The zero-order chi connectivity index (χ0) is 12.1. The van der Waals surface area contributed by atoms with E-state index in [-0.39, 0.29) is 29.6 Å². The highest BCUT2D eigenvalue weighted by Crippen LogP contribution is 2.12. The number of carbonyl (C=O) groups excluding carboxylic acids is 1. The van der Waals surface area contributed by atoms with E-state index in [4.69, 9.17) is 16.7 Å². The summed E-state index contributed by atoms with van der Waals surface area (Å²) in [5.74, 6) is -0.157. The van der Waals surface area contributed by atoms with Crippen molar-refractivity contribution in [1.82, 2.24) is 10.3 Å². The molecule has 0 aromatic carbocycles. The van der Waals surface area contributed by atoms with Gasteiger partial charge in [0.2, 0.25) is 0 Å². The summed E-state index contributed by atoms with van der Waals surface area (Å²) in [4.78, 5) is 15.6. The van der Waals surface area contributed by atoms with Crippen LogP contribution < -0.4 is 5.32 Å². The first-order valence-corrected chi connectivity index (χ1v) is 5.46. The van der Waals surface area contributed by atoms with Crippen molar-refractivity contribution in [2.24, 2.45) is 5.92 Å². The van der Waals surface area contributed by atoms with Crippen molar-refractivity contribution in [2.75, 3.05) is 6.61 Å². The van der Waals surface area contributed by atoms with E-state index in [1.807, 2.05) is 13.8 Å². The zero-order valence-electron chi connectivity index (χ0n) is 9.27. The normalized spacial score (nSPS) is 12.6. The van der Waals surface area contributed by atoms with E-state index in [1.54, 1.807) is 12.1 Å². The third-order valence-electron chi connectivity index (χ3n) is 2.32. The molecule has 5 heteroatoms. The number of aliphatic hydroxyl groups excluding tert-OH is 1. The Hall–Kier alpha value is -1.13. The summed E-state index contributed by atoms with van der Waals surface area (Å²) in [5.41, 5.74) is 0.322. The molecule has 1 aromatic heterocycles. The van der Waals surface area contributed by atoms with E-state index in [0.29, 0.717) is 5.56 Å². The maximum absolute atomic E-state index is 11.8. The predicted molar refractivity (Wildman–Crippen MR) is 62.4 cm³/mol. The standard InChI is InChI=1S/C11H15ClN2O2/c1-7(2)9(6-15)14-11(16)8-4-3-5-13-10(8)12/h3-5,7,9,15H,6H2,1-2H3,(H,14,16)/t9-/m1/s1. The highest BCUT2D eigenvalue weighted by Gasteiger charge is 2.17. The minimum atomic E-state index is -0.314. The molecule has 16 heavy (non-hydrogen) atoms. The molecule has 1 amide bonds. The van der Waals surface area contributed by atoms with Crippen molar-refractivity contribution in [3.8, 4) is 0 Å². The first kappa shape index (κ1) is 12.9. The minimum absolute atomic E-state index is 0.0959. The summed E-state index contributed by atoms with van der Waals surface area (Å²) in [5, 5.41) is 12.0. The number of aromatic nitrogens is 1. The molecule has 0 fully saturated rings. The molecule has 0 aliphatic rings. The highest BCUT2D eigenvalue weighted by atomic mass is 35.5. The molecular formula is C11H15ClN2O2. The van der Waals surface area contributed by atoms with Crippen LogP contribution in [-0.2, 0) is 0 Å². The van der Waals surface area contributed by atoms with Crippen LogP contribution in [0.5, 0.6) is 0 Å². The smallest absolute Gasteiger partial charge is 0.254 e. The fourth-order valence-corrected chi connectivity index (χ4v) is 1.43. The second-order valence-corrected chi connectivity index (χ2v) is 4.21. The molecule has 2 N–H and O–H groups in total. The number of rotatable bonds is 4. The number of pyridine rings is 1.